The second-order valence-corrected chi connectivity index (χ2v) is 14.0. The Balaban J connectivity index is 1.13. The third kappa shape index (κ3) is 7.55. The van der Waals surface area contributed by atoms with Crippen molar-refractivity contribution in [3.63, 3.8) is 0 Å². The van der Waals surface area contributed by atoms with Crippen LogP contribution in [0.15, 0.2) is 48.5 Å². The lowest BCUT2D eigenvalue weighted by Crippen LogP contribution is -2.52. The Bertz CT molecular complexity index is 1870. The van der Waals surface area contributed by atoms with Gasteiger partial charge in [-0.3, -0.25) is 14.5 Å². The van der Waals surface area contributed by atoms with Crippen LogP contribution in [0.4, 0.5) is 32.4 Å². The lowest BCUT2D eigenvalue weighted by Gasteiger charge is -2.40. The van der Waals surface area contributed by atoms with Crippen LogP contribution in [0.25, 0.3) is 0 Å². The van der Waals surface area contributed by atoms with E-state index in [-0.39, 0.29) is 31.2 Å². The van der Waals surface area contributed by atoms with Crippen LogP contribution in [-0.4, -0.2) is 64.4 Å². The number of hydrogen-bond donors (Lipinski definition) is 3. The van der Waals surface area contributed by atoms with Crippen LogP contribution in [-0.2, 0) is 38.7 Å². The zero-order valence-corrected chi connectivity index (χ0v) is 28.1. The van der Waals surface area contributed by atoms with Crippen molar-refractivity contribution in [3.8, 4) is 0 Å². The molecule has 0 aliphatic carbocycles. The molecule has 3 amide bonds. The van der Waals surface area contributed by atoms with Crippen molar-refractivity contribution in [3.05, 3.63) is 99.9 Å². The van der Waals surface area contributed by atoms with Crippen molar-refractivity contribution in [1.82, 2.24) is 15.5 Å². The molecule has 2 fully saturated rings. The predicted octanol–water partition coefficient (Wildman–Crippen LogP) is 4.91. The summed E-state index contributed by atoms with van der Waals surface area (Å²) in [5.74, 6) is -7.20. The second kappa shape index (κ2) is 13.8. The first kappa shape index (κ1) is 36.2. The Hall–Kier alpha value is -4.60. The van der Waals surface area contributed by atoms with E-state index in [1.54, 1.807) is 32.9 Å². The zero-order valence-electron chi connectivity index (χ0n) is 28.1. The molecule has 0 radical (unpaired) electrons. The minimum absolute atomic E-state index is 0.0132. The fraction of sp³-hybridized carbons (Fsp3) is 0.417. The van der Waals surface area contributed by atoms with E-state index in [4.69, 9.17) is 9.47 Å². The van der Waals surface area contributed by atoms with Crippen LogP contribution in [0, 0.1) is 29.1 Å². The van der Waals surface area contributed by atoms with Gasteiger partial charge in [0.25, 0.3) is 11.8 Å². The molecule has 0 spiro atoms. The monoisotopic (exact) mass is 716 g/mol. The van der Waals surface area contributed by atoms with Crippen molar-refractivity contribution in [2.45, 2.75) is 82.6 Å². The molecule has 0 aromatic heterocycles. The molecule has 3 heterocycles. The van der Waals surface area contributed by atoms with Crippen molar-refractivity contribution < 1.29 is 50.9 Å². The molecule has 4 atom stereocenters. The Morgan fingerprint density at radius 1 is 0.980 bits per heavy atom. The smallest absolute Gasteiger partial charge is 0.407 e. The number of amides is 3. The molecule has 0 saturated carbocycles. The topological polar surface area (TPSA) is 120 Å². The molecule has 10 nitrogen and oxygen atoms in total. The number of halogens is 5. The van der Waals surface area contributed by atoms with Crippen LogP contribution < -0.4 is 15.5 Å². The first-order chi connectivity index (χ1) is 24.0. The van der Waals surface area contributed by atoms with E-state index in [1.807, 2.05) is 6.07 Å². The van der Waals surface area contributed by atoms with Gasteiger partial charge in [0, 0.05) is 61.5 Å². The summed E-state index contributed by atoms with van der Waals surface area (Å²) in [5.41, 5.74) is -1.57. The molecular formula is C36H37F5N4O6. The summed E-state index contributed by atoms with van der Waals surface area (Å²) in [6.45, 7) is 5.50. The molecule has 15 heteroatoms. The number of anilines is 1. The molecule has 3 aromatic rings. The average molecular weight is 717 g/mol. The molecule has 2 unspecified atom stereocenters. The number of fused-ring (bicyclic) bond motifs is 1. The number of alkyl carbamates (subject to hydrolysis) is 1. The second-order valence-electron chi connectivity index (χ2n) is 14.0. The van der Waals surface area contributed by atoms with E-state index >= 15 is 0 Å². The number of carbonyl (C=O) groups is 3. The first-order valence-corrected chi connectivity index (χ1v) is 16.4. The van der Waals surface area contributed by atoms with Crippen LogP contribution in [0.5, 0.6) is 0 Å². The summed E-state index contributed by atoms with van der Waals surface area (Å²) in [7, 11) is 0. The molecule has 3 N–H and O–H groups in total. The highest BCUT2D eigenvalue weighted by atomic mass is 19.2. The Kier molecular flexibility index (Phi) is 9.83. The maximum Gasteiger partial charge on any atom is 0.407 e. The summed E-state index contributed by atoms with van der Waals surface area (Å²) in [6.07, 6.45) is -1.67. The SMILES string of the molecule is CC(C)(C)OC(=O)N[C@H]1CC(N2Cc3ccc(N4CCC(O)(C(=O)NCc5cc(F)cc(F)c5F)C4=O)cc3C2)CO[C@@H]1c1cc(F)ccc1F. The summed E-state index contributed by atoms with van der Waals surface area (Å²) in [6, 6.07) is 8.38. The Morgan fingerprint density at radius 2 is 1.73 bits per heavy atom. The Morgan fingerprint density at radius 3 is 2.47 bits per heavy atom. The number of aliphatic hydroxyl groups is 1. The maximum atomic E-state index is 14.8. The van der Waals surface area contributed by atoms with Crippen molar-refractivity contribution in [2.75, 3.05) is 18.1 Å². The van der Waals surface area contributed by atoms with E-state index < -0.39 is 82.4 Å². The lowest BCUT2D eigenvalue weighted by atomic mass is 9.92. The molecule has 6 rings (SSSR count). The van der Waals surface area contributed by atoms with Gasteiger partial charge in [-0.25, -0.2) is 26.7 Å². The zero-order chi connectivity index (χ0) is 36.8. The molecule has 3 aromatic carbocycles. The molecule has 272 valence electrons. The van der Waals surface area contributed by atoms with Crippen LogP contribution in [0.2, 0.25) is 0 Å². The van der Waals surface area contributed by atoms with Crippen LogP contribution in [0.3, 0.4) is 0 Å². The summed E-state index contributed by atoms with van der Waals surface area (Å²) in [5, 5.41) is 16.0. The normalized spacial score (nSPS) is 23.7. The highest BCUT2D eigenvalue weighted by molar-refractivity contribution is 6.16. The molecule has 0 bridgehead atoms. The van der Waals surface area contributed by atoms with Gasteiger partial charge in [0.05, 0.1) is 12.6 Å². The van der Waals surface area contributed by atoms with Crippen LogP contribution >= 0.6 is 0 Å². The fourth-order valence-electron chi connectivity index (χ4n) is 6.76. The summed E-state index contributed by atoms with van der Waals surface area (Å²) >= 11 is 0. The highest BCUT2D eigenvalue weighted by Gasteiger charge is 2.52. The van der Waals surface area contributed by atoms with Crippen molar-refractivity contribution in [2.24, 2.45) is 0 Å². The molecule has 2 saturated heterocycles. The largest absolute Gasteiger partial charge is 0.444 e. The van der Waals surface area contributed by atoms with Gasteiger partial charge in [-0.15, -0.1) is 0 Å². The standard InChI is InChI=1S/C36H37F5N4O6/c1-35(2,3)51-34(48)43-29-14-25(18-50-31(29)26-12-22(37)5-7-27(26)39)44-16-19-4-6-24(11-21(19)17-44)45-9-8-36(49,33(45)47)32(46)42-15-20-10-23(38)13-28(40)30(20)41/h4-7,10-13,25,29,31,49H,8-9,14-18H2,1-3H3,(H,42,46)(H,43,48)/t25?,29-,31+,36?/m0/s1. The minimum Gasteiger partial charge on any atom is -0.444 e. The van der Waals surface area contributed by atoms with E-state index in [2.05, 4.69) is 15.5 Å². The molecule has 3 aliphatic heterocycles. The summed E-state index contributed by atoms with van der Waals surface area (Å²) in [4.78, 5) is 42.4. The number of hydrogen-bond acceptors (Lipinski definition) is 7. The van der Waals surface area contributed by atoms with Gasteiger partial charge in [-0.1, -0.05) is 6.07 Å². The van der Waals surface area contributed by atoms with Gasteiger partial charge in [0.1, 0.15) is 29.2 Å². The van der Waals surface area contributed by atoms with Gasteiger partial charge >= 0.3 is 6.09 Å². The Labute approximate surface area is 290 Å². The number of rotatable bonds is 7. The van der Waals surface area contributed by atoms with Gasteiger partial charge in [-0.05, 0) is 74.7 Å². The highest BCUT2D eigenvalue weighted by Crippen LogP contribution is 2.37. The minimum atomic E-state index is -2.49. The van der Waals surface area contributed by atoms with E-state index in [0.29, 0.717) is 37.3 Å². The average Bonchev–Trinajstić information content (AvgIpc) is 3.62. The van der Waals surface area contributed by atoms with Gasteiger partial charge in [0.15, 0.2) is 11.6 Å². The van der Waals surface area contributed by atoms with Gasteiger partial charge < -0.3 is 30.1 Å². The molecule has 51 heavy (non-hydrogen) atoms. The first-order valence-electron chi connectivity index (χ1n) is 16.4. The van der Waals surface area contributed by atoms with Gasteiger partial charge in [0.2, 0.25) is 5.60 Å². The quantitative estimate of drug-likeness (QED) is 0.181. The number of benzene rings is 3. The maximum absolute atomic E-state index is 14.8. The molecular weight excluding hydrogens is 679 g/mol. The number of ether oxygens (including phenoxy) is 2. The van der Waals surface area contributed by atoms with E-state index in [0.717, 1.165) is 29.3 Å². The van der Waals surface area contributed by atoms with Gasteiger partial charge in [-0.2, -0.15) is 0 Å². The number of nitrogens with zero attached hydrogens (tertiary/aromatic N) is 2. The van der Waals surface area contributed by atoms with E-state index in [9.17, 15) is 41.4 Å². The lowest BCUT2D eigenvalue weighted by molar-refractivity contribution is -0.149. The van der Waals surface area contributed by atoms with Crippen LogP contribution in [0.1, 0.15) is 62.0 Å². The van der Waals surface area contributed by atoms with Crippen molar-refractivity contribution >= 4 is 23.6 Å². The number of carbonyl (C=O) groups excluding carboxylic acids is 3. The summed E-state index contributed by atoms with van der Waals surface area (Å²) < 4.78 is 81.7. The third-order valence-electron chi connectivity index (χ3n) is 9.27. The fourth-order valence-corrected chi connectivity index (χ4v) is 6.76. The van der Waals surface area contributed by atoms with Crippen molar-refractivity contribution in [1.29, 1.82) is 0 Å². The third-order valence-corrected chi connectivity index (χ3v) is 9.27. The number of nitrogens with one attached hydrogen (secondary N) is 2. The predicted molar refractivity (Wildman–Crippen MR) is 172 cm³/mol. The molecule has 3 aliphatic rings. The van der Waals surface area contributed by atoms with E-state index in [1.165, 1.54) is 4.90 Å².